The molecule has 0 aliphatic carbocycles. The highest BCUT2D eigenvalue weighted by molar-refractivity contribution is 7.86. The molecule has 0 aliphatic rings. The Balaban J connectivity index is 2.85. The lowest BCUT2D eigenvalue weighted by atomic mass is 10.3. The molecule has 0 amide bonds. The van der Waals surface area contributed by atoms with Crippen molar-refractivity contribution in [2.75, 3.05) is 6.26 Å². The lowest BCUT2D eigenvalue weighted by Gasteiger charge is -2.00. The van der Waals surface area contributed by atoms with Crippen LogP contribution in [-0.4, -0.2) is 14.7 Å². The van der Waals surface area contributed by atoms with Gasteiger partial charge in [-0.15, -0.1) is 0 Å². The number of benzene rings is 1. The first kappa shape index (κ1) is 9.35. The van der Waals surface area contributed by atoms with Gasteiger partial charge in [-0.1, -0.05) is 11.6 Å². The first-order valence-electron chi connectivity index (χ1n) is 3.04. The van der Waals surface area contributed by atoms with Crippen LogP contribution in [0.15, 0.2) is 18.2 Å². The Morgan fingerprint density at radius 2 is 2.17 bits per heavy atom. The summed E-state index contributed by atoms with van der Waals surface area (Å²) in [6.07, 6.45) is 0.974. The molecular formula is C7H6ClO3S. The standard InChI is InChI=1S/C7H6ClO3S/c1-12(9,10)11-7-4-2-6(8)3-5-7/h2,4-5H,1H3. The summed E-state index contributed by atoms with van der Waals surface area (Å²) in [6.45, 7) is 0. The summed E-state index contributed by atoms with van der Waals surface area (Å²) in [7, 11) is -3.45. The average Bonchev–Trinajstić information content (AvgIpc) is 1.91. The highest BCUT2D eigenvalue weighted by Gasteiger charge is 2.02. The van der Waals surface area contributed by atoms with Crippen LogP contribution >= 0.6 is 11.6 Å². The molecule has 0 unspecified atom stereocenters. The molecule has 1 rings (SSSR count). The van der Waals surface area contributed by atoms with Gasteiger partial charge in [0.15, 0.2) is 0 Å². The smallest absolute Gasteiger partial charge is 0.306 e. The fourth-order valence-corrected chi connectivity index (χ4v) is 1.19. The number of hydrogen-bond donors (Lipinski definition) is 0. The summed E-state index contributed by atoms with van der Waals surface area (Å²) >= 11 is 5.52. The van der Waals surface area contributed by atoms with Gasteiger partial charge >= 0.3 is 10.1 Å². The molecule has 3 nitrogen and oxygen atoms in total. The molecule has 12 heavy (non-hydrogen) atoms. The van der Waals surface area contributed by atoms with Crippen molar-refractivity contribution >= 4 is 21.7 Å². The molecule has 65 valence electrons. The molecule has 1 aromatic carbocycles. The van der Waals surface area contributed by atoms with E-state index >= 15 is 0 Å². The molecule has 0 heterocycles. The zero-order chi connectivity index (χ0) is 9.19. The van der Waals surface area contributed by atoms with E-state index < -0.39 is 10.1 Å². The molecule has 0 aromatic heterocycles. The first-order chi connectivity index (χ1) is 5.47. The van der Waals surface area contributed by atoms with E-state index in [1.165, 1.54) is 18.2 Å². The molecule has 0 fully saturated rings. The minimum atomic E-state index is -3.45. The Labute approximate surface area is 76.0 Å². The molecule has 5 heteroatoms. The van der Waals surface area contributed by atoms with E-state index in [0.29, 0.717) is 5.02 Å². The van der Waals surface area contributed by atoms with Crippen LogP contribution in [0.25, 0.3) is 0 Å². The molecule has 0 N–H and O–H groups in total. The van der Waals surface area contributed by atoms with Crippen LogP contribution in [0.1, 0.15) is 0 Å². The Bertz CT molecular complexity index is 355. The molecule has 0 atom stereocenters. The van der Waals surface area contributed by atoms with Gasteiger partial charge in [-0.25, -0.2) is 0 Å². The number of halogens is 1. The van der Waals surface area contributed by atoms with Crippen molar-refractivity contribution in [2.24, 2.45) is 0 Å². The van der Waals surface area contributed by atoms with E-state index in [1.54, 1.807) is 0 Å². The average molecular weight is 206 g/mol. The minimum Gasteiger partial charge on any atom is -0.383 e. The lowest BCUT2D eigenvalue weighted by Crippen LogP contribution is -2.05. The van der Waals surface area contributed by atoms with Crippen molar-refractivity contribution in [1.82, 2.24) is 0 Å². The SMILES string of the molecule is CS(=O)(=O)Oc1c[c]c(Cl)cc1. The Hall–Kier alpha value is -0.740. The highest BCUT2D eigenvalue weighted by Crippen LogP contribution is 2.15. The van der Waals surface area contributed by atoms with E-state index in [0.717, 1.165) is 6.26 Å². The van der Waals surface area contributed by atoms with Crippen LogP contribution in [0.2, 0.25) is 5.02 Å². The molecule has 0 aliphatic heterocycles. The Morgan fingerprint density at radius 3 is 2.58 bits per heavy atom. The van der Waals surface area contributed by atoms with Gasteiger partial charge in [0.2, 0.25) is 0 Å². The maximum Gasteiger partial charge on any atom is 0.306 e. The summed E-state index contributed by atoms with van der Waals surface area (Å²) in [4.78, 5) is 0. The third-order valence-electron chi connectivity index (χ3n) is 0.994. The van der Waals surface area contributed by atoms with Gasteiger partial charge in [-0.2, -0.15) is 8.42 Å². The highest BCUT2D eigenvalue weighted by atomic mass is 35.5. The summed E-state index contributed by atoms with van der Waals surface area (Å²) in [5.74, 6) is 0.210. The van der Waals surface area contributed by atoms with Crippen LogP contribution < -0.4 is 4.18 Å². The first-order valence-corrected chi connectivity index (χ1v) is 5.23. The maximum atomic E-state index is 10.6. The van der Waals surface area contributed by atoms with Crippen LogP contribution in [0.5, 0.6) is 5.75 Å². The second kappa shape index (κ2) is 3.33. The van der Waals surface area contributed by atoms with Gasteiger partial charge in [-0.05, 0) is 18.2 Å². The summed E-state index contributed by atoms with van der Waals surface area (Å²) in [6, 6.07) is 6.92. The van der Waals surface area contributed by atoms with Crippen LogP contribution in [0, 0.1) is 6.07 Å². The molecule has 1 aromatic rings. The van der Waals surface area contributed by atoms with Gasteiger partial charge in [0.1, 0.15) is 5.75 Å². The quantitative estimate of drug-likeness (QED) is 0.687. The molecule has 1 radical (unpaired) electrons. The van der Waals surface area contributed by atoms with E-state index in [4.69, 9.17) is 11.6 Å². The molecule has 0 spiro atoms. The fraction of sp³-hybridized carbons (Fsp3) is 0.143. The van der Waals surface area contributed by atoms with E-state index in [2.05, 4.69) is 10.2 Å². The molecule has 0 saturated carbocycles. The summed E-state index contributed by atoms with van der Waals surface area (Å²) in [5.41, 5.74) is 0. The van der Waals surface area contributed by atoms with Gasteiger partial charge in [0.25, 0.3) is 0 Å². The van der Waals surface area contributed by atoms with E-state index in [9.17, 15) is 8.42 Å². The van der Waals surface area contributed by atoms with Crippen molar-refractivity contribution < 1.29 is 12.6 Å². The second-order valence-corrected chi connectivity index (χ2v) is 4.14. The Kier molecular flexibility index (Phi) is 2.59. The van der Waals surface area contributed by atoms with Crippen LogP contribution in [0.3, 0.4) is 0 Å². The molecule has 0 bridgehead atoms. The van der Waals surface area contributed by atoms with Crippen LogP contribution in [-0.2, 0) is 10.1 Å². The topological polar surface area (TPSA) is 43.4 Å². The monoisotopic (exact) mass is 205 g/mol. The maximum absolute atomic E-state index is 10.6. The second-order valence-electron chi connectivity index (χ2n) is 2.16. The van der Waals surface area contributed by atoms with Crippen molar-refractivity contribution in [3.63, 3.8) is 0 Å². The zero-order valence-electron chi connectivity index (χ0n) is 6.24. The summed E-state index contributed by atoms with van der Waals surface area (Å²) < 4.78 is 25.8. The van der Waals surface area contributed by atoms with Crippen molar-refractivity contribution in [3.8, 4) is 5.75 Å². The molecular weight excluding hydrogens is 200 g/mol. The van der Waals surface area contributed by atoms with Crippen molar-refractivity contribution in [2.45, 2.75) is 0 Å². The predicted octanol–water partition coefficient (Wildman–Crippen LogP) is 1.48. The van der Waals surface area contributed by atoms with E-state index in [1.807, 2.05) is 0 Å². The number of hydrogen-bond acceptors (Lipinski definition) is 3. The zero-order valence-corrected chi connectivity index (χ0v) is 7.82. The predicted molar refractivity (Wildman–Crippen MR) is 45.8 cm³/mol. The molecule has 0 saturated heterocycles. The largest absolute Gasteiger partial charge is 0.383 e. The fourth-order valence-electron chi connectivity index (χ4n) is 0.618. The van der Waals surface area contributed by atoms with Gasteiger partial charge in [-0.3, -0.25) is 0 Å². The van der Waals surface area contributed by atoms with Gasteiger partial charge in [0.05, 0.1) is 6.26 Å². The lowest BCUT2D eigenvalue weighted by molar-refractivity contribution is 0.493. The third-order valence-corrected chi connectivity index (χ3v) is 1.72. The van der Waals surface area contributed by atoms with E-state index in [-0.39, 0.29) is 5.75 Å². The third kappa shape index (κ3) is 3.11. The van der Waals surface area contributed by atoms with Gasteiger partial charge in [0, 0.05) is 11.1 Å². The van der Waals surface area contributed by atoms with Crippen molar-refractivity contribution in [3.05, 3.63) is 29.3 Å². The summed E-state index contributed by atoms with van der Waals surface area (Å²) in [5, 5.41) is 0.413. The van der Waals surface area contributed by atoms with Crippen LogP contribution in [0.4, 0.5) is 0 Å². The normalized spacial score (nSPS) is 11.2. The minimum absolute atomic E-state index is 0.210. The Morgan fingerprint density at radius 1 is 1.50 bits per heavy atom. The number of rotatable bonds is 2. The van der Waals surface area contributed by atoms with Gasteiger partial charge < -0.3 is 4.18 Å². The van der Waals surface area contributed by atoms with Crippen molar-refractivity contribution in [1.29, 1.82) is 0 Å².